The number of benzene rings is 1. The molecule has 1 atom stereocenters. The van der Waals surface area contributed by atoms with Crippen LogP contribution >= 0.6 is 0 Å². The zero-order valence-corrected chi connectivity index (χ0v) is 8.87. The quantitative estimate of drug-likeness (QED) is 0.811. The predicted octanol–water partition coefficient (Wildman–Crippen LogP) is 1.73. The summed E-state index contributed by atoms with van der Waals surface area (Å²) < 4.78 is 23.3. The highest BCUT2D eigenvalue weighted by Crippen LogP contribution is 2.17. The van der Waals surface area contributed by atoms with E-state index in [-0.39, 0.29) is 12.7 Å². The lowest BCUT2D eigenvalue weighted by Crippen LogP contribution is -2.18. The number of hydrogen-bond acceptors (Lipinski definition) is 3. The third kappa shape index (κ3) is 3.85. The Morgan fingerprint density at radius 3 is 2.73 bits per heavy atom. The molecule has 1 N–H and O–H groups in total. The zero-order chi connectivity index (χ0) is 11.3. The molecule has 0 aliphatic heterocycles. The Bertz CT molecular complexity index is 315. The summed E-state index contributed by atoms with van der Waals surface area (Å²) in [6, 6.07) is 4.16. The van der Waals surface area contributed by atoms with Crippen molar-refractivity contribution >= 4 is 0 Å². The van der Waals surface area contributed by atoms with E-state index in [1.54, 1.807) is 13.2 Å². The summed E-state index contributed by atoms with van der Waals surface area (Å²) in [5, 5.41) is 8.88. The normalized spacial score (nSPS) is 12.5. The second-order valence-electron chi connectivity index (χ2n) is 3.34. The molecule has 1 unspecified atom stereocenters. The van der Waals surface area contributed by atoms with Crippen molar-refractivity contribution in [2.24, 2.45) is 0 Å². The van der Waals surface area contributed by atoms with Crippen molar-refractivity contribution in [1.29, 1.82) is 0 Å². The van der Waals surface area contributed by atoms with Crippen LogP contribution in [0.2, 0.25) is 0 Å². The second kappa shape index (κ2) is 5.68. The number of hydrogen-bond donors (Lipinski definition) is 1. The van der Waals surface area contributed by atoms with Crippen molar-refractivity contribution in [2.75, 3.05) is 13.7 Å². The van der Waals surface area contributed by atoms with Gasteiger partial charge in [0.25, 0.3) is 0 Å². The van der Waals surface area contributed by atoms with E-state index >= 15 is 0 Å². The Balaban J connectivity index is 2.71. The fourth-order valence-corrected chi connectivity index (χ4v) is 1.28. The lowest BCUT2D eigenvalue weighted by Gasteiger charge is -2.14. The number of aliphatic hydroxyl groups is 1. The maximum absolute atomic E-state index is 13.0. The van der Waals surface area contributed by atoms with E-state index in [0.717, 1.165) is 0 Å². The van der Waals surface area contributed by atoms with Crippen LogP contribution in [0.1, 0.15) is 12.5 Å². The van der Waals surface area contributed by atoms with Gasteiger partial charge in [-0.25, -0.2) is 4.39 Å². The molecule has 15 heavy (non-hydrogen) atoms. The van der Waals surface area contributed by atoms with Crippen molar-refractivity contribution in [3.63, 3.8) is 0 Å². The Labute approximate surface area is 88.4 Å². The van der Waals surface area contributed by atoms with Crippen LogP contribution in [0.15, 0.2) is 18.2 Å². The summed E-state index contributed by atoms with van der Waals surface area (Å²) in [5.74, 6) is -0.00948. The third-order valence-corrected chi connectivity index (χ3v) is 1.85. The summed E-state index contributed by atoms with van der Waals surface area (Å²) in [6.45, 7) is 2.06. The second-order valence-corrected chi connectivity index (χ2v) is 3.34. The highest BCUT2D eigenvalue weighted by molar-refractivity contribution is 5.29. The minimum absolute atomic E-state index is 0.150. The summed E-state index contributed by atoms with van der Waals surface area (Å²) in [4.78, 5) is 0. The average molecular weight is 214 g/mol. The minimum atomic E-state index is -0.416. The van der Waals surface area contributed by atoms with Gasteiger partial charge in [0.1, 0.15) is 17.7 Å². The van der Waals surface area contributed by atoms with Gasteiger partial charge in [0.2, 0.25) is 0 Å². The van der Waals surface area contributed by atoms with Gasteiger partial charge in [-0.05, 0) is 24.6 Å². The zero-order valence-electron chi connectivity index (χ0n) is 8.87. The van der Waals surface area contributed by atoms with Gasteiger partial charge in [-0.2, -0.15) is 0 Å². The molecule has 3 nitrogen and oxygen atoms in total. The molecule has 0 amide bonds. The monoisotopic (exact) mass is 214 g/mol. The van der Waals surface area contributed by atoms with E-state index in [1.807, 2.05) is 6.92 Å². The van der Waals surface area contributed by atoms with Gasteiger partial charge < -0.3 is 14.6 Å². The fraction of sp³-hybridized carbons (Fsp3) is 0.455. The van der Waals surface area contributed by atoms with Crippen molar-refractivity contribution in [2.45, 2.75) is 19.6 Å². The molecule has 1 aromatic carbocycles. The smallest absolute Gasteiger partial charge is 0.127 e. The topological polar surface area (TPSA) is 38.7 Å². The lowest BCUT2D eigenvalue weighted by molar-refractivity contribution is 0.0917. The molecule has 0 saturated heterocycles. The summed E-state index contributed by atoms with van der Waals surface area (Å²) in [7, 11) is 1.57. The first-order valence-electron chi connectivity index (χ1n) is 4.71. The van der Waals surface area contributed by atoms with Crippen LogP contribution < -0.4 is 4.74 Å². The number of aliphatic hydroxyl groups excluding tert-OH is 1. The Hall–Kier alpha value is -1.13. The van der Waals surface area contributed by atoms with Gasteiger partial charge >= 0.3 is 0 Å². The van der Waals surface area contributed by atoms with Crippen LogP contribution in [0.5, 0.6) is 5.75 Å². The molecule has 0 aromatic heterocycles. The predicted molar refractivity (Wildman–Crippen MR) is 54.3 cm³/mol. The largest absolute Gasteiger partial charge is 0.488 e. The number of methoxy groups -OCH3 is 1. The van der Waals surface area contributed by atoms with Gasteiger partial charge in [0, 0.05) is 13.2 Å². The van der Waals surface area contributed by atoms with E-state index in [0.29, 0.717) is 17.9 Å². The molecule has 0 spiro atoms. The van der Waals surface area contributed by atoms with Crippen LogP contribution in [-0.2, 0) is 11.3 Å². The molecular weight excluding hydrogens is 199 g/mol. The number of ether oxygens (including phenoxy) is 2. The molecule has 0 heterocycles. The molecule has 84 valence electrons. The van der Waals surface area contributed by atoms with Crippen LogP contribution in [0.3, 0.4) is 0 Å². The standard InChI is InChI=1S/C11H15FO3/c1-8(7-14-2)15-11-4-9(6-13)3-10(12)5-11/h3-5,8,13H,6-7H2,1-2H3. The van der Waals surface area contributed by atoms with Crippen LogP contribution in [-0.4, -0.2) is 24.9 Å². The Kier molecular flexibility index (Phi) is 4.52. The molecule has 0 fully saturated rings. The van der Waals surface area contributed by atoms with Gasteiger partial charge in [-0.15, -0.1) is 0 Å². The van der Waals surface area contributed by atoms with E-state index in [2.05, 4.69) is 0 Å². The first kappa shape index (κ1) is 11.9. The Morgan fingerprint density at radius 2 is 2.13 bits per heavy atom. The van der Waals surface area contributed by atoms with Crippen molar-refractivity contribution < 1.29 is 19.0 Å². The maximum Gasteiger partial charge on any atom is 0.127 e. The molecule has 0 saturated carbocycles. The van der Waals surface area contributed by atoms with Crippen LogP contribution in [0.4, 0.5) is 4.39 Å². The lowest BCUT2D eigenvalue weighted by atomic mass is 10.2. The number of rotatable bonds is 5. The molecule has 1 rings (SSSR count). The molecule has 1 aromatic rings. The third-order valence-electron chi connectivity index (χ3n) is 1.85. The number of halogens is 1. The first-order valence-corrected chi connectivity index (χ1v) is 4.71. The van der Waals surface area contributed by atoms with Gasteiger partial charge in [0.15, 0.2) is 0 Å². The first-order chi connectivity index (χ1) is 7.15. The summed E-state index contributed by atoms with van der Waals surface area (Å²) in [6.07, 6.45) is -0.150. The van der Waals surface area contributed by atoms with E-state index in [4.69, 9.17) is 14.6 Å². The molecule has 0 bridgehead atoms. The minimum Gasteiger partial charge on any atom is -0.488 e. The maximum atomic E-state index is 13.0. The highest BCUT2D eigenvalue weighted by Gasteiger charge is 2.06. The van der Waals surface area contributed by atoms with Gasteiger partial charge in [0.05, 0.1) is 13.2 Å². The highest BCUT2D eigenvalue weighted by atomic mass is 19.1. The Morgan fingerprint density at radius 1 is 1.40 bits per heavy atom. The SMILES string of the molecule is COCC(C)Oc1cc(F)cc(CO)c1. The van der Waals surface area contributed by atoms with E-state index in [9.17, 15) is 4.39 Å². The summed E-state index contributed by atoms with van der Waals surface area (Å²) >= 11 is 0. The summed E-state index contributed by atoms with van der Waals surface area (Å²) in [5.41, 5.74) is 0.495. The van der Waals surface area contributed by atoms with Crippen molar-refractivity contribution in [3.05, 3.63) is 29.6 Å². The molecule has 4 heteroatoms. The van der Waals surface area contributed by atoms with E-state index < -0.39 is 5.82 Å². The van der Waals surface area contributed by atoms with E-state index in [1.165, 1.54) is 12.1 Å². The molecule has 0 aliphatic carbocycles. The molecule has 0 radical (unpaired) electrons. The average Bonchev–Trinajstić information content (AvgIpc) is 2.17. The van der Waals surface area contributed by atoms with Gasteiger partial charge in [-0.1, -0.05) is 0 Å². The van der Waals surface area contributed by atoms with Crippen LogP contribution in [0, 0.1) is 5.82 Å². The molecular formula is C11H15FO3. The molecule has 0 aliphatic rings. The van der Waals surface area contributed by atoms with Crippen molar-refractivity contribution in [3.8, 4) is 5.75 Å². The van der Waals surface area contributed by atoms with Crippen LogP contribution in [0.25, 0.3) is 0 Å². The van der Waals surface area contributed by atoms with Gasteiger partial charge in [-0.3, -0.25) is 0 Å². The fourth-order valence-electron chi connectivity index (χ4n) is 1.28. The van der Waals surface area contributed by atoms with Crippen molar-refractivity contribution in [1.82, 2.24) is 0 Å².